The minimum Gasteiger partial charge on any atom is -0.508 e. The fourth-order valence-corrected chi connectivity index (χ4v) is 6.41. The van der Waals surface area contributed by atoms with E-state index in [1.165, 1.54) is 6.42 Å². The van der Waals surface area contributed by atoms with Gasteiger partial charge in [-0.05, 0) is 65.5 Å². The summed E-state index contributed by atoms with van der Waals surface area (Å²) < 4.78 is 6.24. The Morgan fingerprint density at radius 2 is 2.15 bits per heavy atom. The summed E-state index contributed by atoms with van der Waals surface area (Å²) in [6.45, 7) is 9.58. The third-order valence-electron chi connectivity index (χ3n) is 7.60. The molecule has 5 atom stereocenters. The van der Waals surface area contributed by atoms with Crippen molar-refractivity contribution in [3.05, 3.63) is 29.8 Å². The molecule has 2 aliphatic carbocycles. The number of hydrogen-bond acceptors (Lipinski definition) is 3. The van der Waals surface area contributed by atoms with Gasteiger partial charge in [-0.3, -0.25) is 4.79 Å². The standard InChI is InChI=1S/C23H33NO3/c1-14(2)10-19(26)24-21-22(3,4)16-12-18-20(15-6-5-7-17(25)11-15)27-9-8-23(18,21)13-16/h5-7,11,14,16,18,20-21,25H,8-10,12-13H2,1-4H3,(H,24,26)/t16-,18-,20-,21+,23-/m1/s1. The van der Waals surface area contributed by atoms with Crippen LogP contribution in [0.1, 0.15) is 65.0 Å². The number of carbonyl (C=O) groups excluding carboxylic acids is 1. The number of benzene rings is 1. The molecule has 3 aliphatic rings. The third kappa shape index (κ3) is 2.97. The van der Waals surface area contributed by atoms with Crippen LogP contribution in [0.5, 0.6) is 5.75 Å². The number of carbonyl (C=O) groups is 1. The van der Waals surface area contributed by atoms with Crippen LogP contribution in [0.25, 0.3) is 0 Å². The number of phenols is 1. The molecule has 1 aromatic rings. The molecule has 2 N–H and O–H groups in total. The van der Waals surface area contributed by atoms with Crippen molar-refractivity contribution in [1.29, 1.82) is 0 Å². The van der Waals surface area contributed by atoms with Crippen LogP contribution >= 0.6 is 0 Å². The fourth-order valence-electron chi connectivity index (χ4n) is 6.41. The average Bonchev–Trinajstić information content (AvgIpc) is 3.07. The predicted molar refractivity (Wildman–Crippen MR) is 105 cm³/mol. The lowest BCUT2D eigenvalue weighted by Crippen LogP contribution is -2.59. The van der Waals surface area contributed by atoms with E-state index < -0.39 is 0 Å². The Morgan fingerprint density at radius 3 is 2.85 bits per heavy atom. The molecular formula is C23H33NO3. The summed E-state index contributed by atoms with van der Waals surface area (Å²) in [5, 5.41) is 13.4. The molecule has 4 rings (SSSR count). The van der Waals surface area contributed by atoms with Gasteiger partial charge in [-0.1, -0.05) is 39.8 Å². The normalized spacial score (nSPS) is 36.6. The summed E-state index contributed by atoms with van der Waals surface area (Å²) in [5.74, 6) is 1.85. The zero-order valence-electron chi connectivity index (χ0n) is 17.0. The van der Waals surface area contributed by atoms with Crippen molar-refractivity contribution in [2.24, 2.45) is 28.6 Å². The molecular weight excluding hydrogens is 338 g/mol. The molecule has 1 amide bonds. The topological polar surface area (TPSA) is 58.6 Å². The highest BCUT2D eigenvalue weighted by atomic mass is 16.5. The molecule has 1 spiro atoms. The van der Waals surface area contributed by atoms with Crippen molar-refractivity contribution in [2.45, 2.75) is 65.5 Å². The van der Waals surface area contributed by atoms with Crippen LogP contribution in [0.2, 0.25) is 0 Å². The van der Waals surface area contributed by atoms with E-state index in [-0.39, 0.29) is 28.9 Å². The second-order valence-electron chi connectivity index (χ2n) is 10.0. The second-order valence-corrected chi connectivity index (χ2v) is 10.0. The van der Waals surface area contributed by atoms with Crippen LogP contribution in [0, 0.1) is 28.6 Å². The van der Waals surface area contributed by atoms with Crippen molar-refractivity contribution >= 4 is 5.91 Å². The molecule has 1 aromatic carbocycles. The molecule has 2 saturated carbocycles. The van der Waals surface area contributed by atoms with E-state index >= 15 is 0 Å². The summed E-state index contributed by atoms with van der Waals surface area (Å²) in [7, 11) is 0. The van der Waals surface area contributed by atoms with E-state index in [0.29, 0.717) is 29.9 Å². The molecule has 27 heavy (non-hydrogen) atoms. The number of hydrogen-bond donors (Lipinski definition) is 2. The molecule has 3 fully saturated rings. The van der Waals surface area contributed by atoms with Crippen LogP contribution in [0.15, 0.2) is 24.3 Å². The minimum atomic E-state index is 0.0106. The zero-order valence-corrected chi connectivity index (χ0v) is 17.0. The van der Waals surface area contributed by atoms with Crippen molar-refractivity contribution < 1.29 is 14.6 Å². The van der Waals surface area contributed by atoms with Crippen LogP contribution in [-0.2, 0) is 9.53 Å². The molecule has 2 bridgehead atoms. The Balaban J connectivity index is 1.65. The van der Waals surface area contributed by atoms with Crippen LogP contribution < -0.4 is 5.32 Å². The Morgan fingerprint density at radius 1 is 1.37 bits per heavy atom. The first-order valence-corrected chi connectivity index (χ1v) is 10.4. The van der Waals surface area contributed by atoms with Gasteiger partial charge >= 0.3 is 0 Å². The molecule has 1 aliphatic heterocycles. The predicted octanol–water partition coefficient (Wildman–Crippen LogP) is 4.44. The summed E-state index contributed by atoms with van der Waals surface area (Å²) >= 11 is 0. The fraction of sp³-hybridized carbons (Fsp3) is 0.696. The van der Waals surface area contributed by atoms with Gasteiger partial charge in [-0.25, -0.2) is 0 Å². The number of rotatable bonds is 4. The van der Waals surface area contributed by atoms with Crippen molar-refractivity contribution in [1.82, 2.24) is 5.32 Å². The van der Waals surface area contributed by atoms with Gasteiger partial charge in [-0.2, -0.15) is 0 Å². The number of aromatic hydroxyl groups is 1. The van der Waals surface area contributed by atoms with Gasteiger partial charge in [-0.15, -0.1) is 0 Å². The monoisotopic (exact) mass is 371 g/mol. The maximum Gasteiger partial charge on any atom is 0.220 e. The van der Waals surface area contributed by atoms with Crippen molar-refractivity contribution in [3.63, 3.8) is 0 Å². The van der Waals surface area contributed by atoms with Crippen molar-refractivity contribution in [3.8, 4) is 5.75 Å². The molecule has 0 unspecified atom stereocenters. The SMILES string of the molecule is CC(C)CC(=O)N[C@H]1C(C)(C)[C@@H]2C[C@@H]3[C@@H](c4cccc(O)c4)OCC[C@@]31C2. The first-order valence-electron chi connectivity index (χ1n) is 10.4. The highest BCUT2D eigenvalue weighted by Gasteiger charge is 2.68. The number of nitrogens with one attached hydrogen (secondary N) is 1. The zero-order chi connectivity index (χ0) is 19.4. The summed E-state index contributed by atoms with van der Waals surface area (Å²) in [4.78, 5) is 12.7. The molecule has 1 saturated heterocycles. The molecule has 4 nitrogen and oxygen atoms in total. The van der Waals surface area contributed by atoms with E-state index in [2.05, 4.69) is 39.1 Å². The number of phenolic OH excluding ortho intramolecular Hbond substituents is 1. The Bertz CT molecular complexity index is 728. The van der Waals surface area contributed by atoms with Crippen molar-refractivity contribution in [2.75, 3.05) is 6.61 Å². The lowest BCUT2D eigenvalue weighted by molar-refractivity contribution is -0.137. The summed E-state index contributed by atoms with van der Waals surface area (Å²) in [6.07, 6.45) is 3.93. The second kappa shape index (κ2) is 6.51. The van der Waals surface area contributed by atoms with Crippen LogP contribution in [0.4, 0.5) is 0 Å². The molecule has 1 heterocycles. The van der Waals surface area contributed by atoms with E-state index in [1.807, 2.05) is 12.1 Å². The number of ether oxygens (including phenoxy) is 1. The first-order chi connectivity index (χ1) is 12.7. The smallest absolute Gasteiger partial charge is 0.220 e. The van der Waals surface area contributed by atoms with Gasteiger partial charge in [0.2, 0.25) is 5.91 Å². The van der Waals surface area contributed by atoms with Gasteiger partial charge < -0.3 is 15.2 Å². The Kier molecular flexibility index (Phi) is 4.53. The summed E-state index contributed by atoms with van der Waals surface area (Å²) in [6, 6.07) is 7.71. The first kappa shape index (κ1) is 18.8. The van der Waals surface area contributed by atoms with E-state index in [4.69, 9.17) is 4.74 Å². The molecule has 4 heteroatoms. The Labute approximate surface area is 162 Å². The van der Waals surface area contributed by atoms with E-state index in [9.17, 15) is 9.90 Å². The minimum absolute atomic E-state index is 0.0106. The maximum absolute atomic E-state index is 12.7. The van der Waals surface area contributed by atoms with Gasteiger partial charge in [0.25, 0.3) is 0 Å². The molecule has 0 radical (unpaired) electrons. The van der Waals surface area contributed by atoms with E-state index in [0.717, 1.165) is 25.0 Å². The van der Waals surface area contributed by atoms with Crippen LogP contribution in [0.3, 0.4) is 0 Å². The van der Waals surface area contributed by atoms with Gasteiger partial charge in [0, 0.05) is 19.1 Å². The quantitative estimate of drug-likeness (QED) is 0.823. The number of fused-ring (bicyclic) bond motifs is 1. The van der Waals surface area contributed by atoms with Gasteiger partial charge in [0.05, 0.1) is 6.10 Å². The third-order valence-corrected chi connectivity index (χ3v) is 7.60. The van der Waals surface area contributed by atoms with E-state index in [1.54, 1.807) is 6.07 Å². The average molecular weight is 372 g/mol. The summed E-state index contributed by atoms with van der Waals surface area (Å²) in [5.41, 5.74) is 1.29. The van der Waals surface area contributed by atoms with Gasteiger partial charge in [0.1, 0.15) is 5.75 Å². The molecule has 148 valence electrons. The lowest BCUT2D eigenvalue weighted by Gasteiger charge is -2.53. The highest BCUT2D eigenvalue weighted by Crippen LogP contribution is 2.70. The largest absolute Gasteiger partial charge is 0.508 e. The highest BCUT2D eigenvalue weighted by molar-refractivity contribution is 5.76. The maximum atomic E-state index is 12.7. The number of amides is 1. The lowest BCUT2D eigenvalue weighted by atomic mass is 9.59. The van der Waals surface area contributed by atoms with Gasteiger partial charge in [0.15, 0.2) is 0 Å². The molecule has 0 aromatic heterocycles. The van der Waals surface area contributed by atoms with Crippen LogP contribution in [-0.4, -0.2) is 23.7 Å². The Hall–Kier alpha value is -1.55.